The van der Waals surface area contributed by atoms with Gasteiger partial charge in [-0.2, -0.15) is 0 Å². The van der Waals surface area contributed by atoms with Gasteiger partial charge in [-0.05, 0) is 30.5 Å². The van der Waals surface area contributed by atoms with Crippen LogP contribution in [0.15, 0.2) is 60.0 Å². The van der Waals surface area contributed by atoms with Gasteiger partial charge in [0.2, 0.25) is 11.1 Å². The first-order chi connectivity index (χ1) is 12.8. The summed E-state index contributed by atoms with van der Waals surface area (Å²) in [7, 11) is 0. The highest BCUT2D eigenvalue weighted by molar-refractivity contribution is 8.00. The number of amides is 1. The molecule has 0 aliphatic carbocycles. The monoisotopic (exact) mass is 365 g/mol. The fourth-order valence-corrected chi connectivity index (χ4v) is 4.03. The van der Waals surface area contributed by atoms with Crippen molar-refractivity contribution in [1.82, 2.24) is 25.1 Å². The zero-order valence-electron chi connectivity index (χ0n) is 14.2. The summed E-state index contributed by atoms with van der Waals surface area (Å²) in [5, 5.41) is 7.49. The summed E-state index contributed by atoms with van der Waals surface area (Å²) < 4.78 is 0. The van der Waals surface area contributed by atoms with Crippen LogP contribution in [0.3, 0.4) is 0 Å². The van der Waals surface area contributed by atoms with E-state index >= 15 is 0 Å². The van der Waals surface area contributed by atoms with E-state index in [1.54, 1.807) is 12.4 Å². The van der Waals surface area contributed by atoms with Crippen molar-refractivity contribution in [1.29, 1.82) is 0 Å². The molecular weight excluding hydrogens is 346 g/mol. The Morgan fingerprint density at radius 1 is 1.08 bits per heavy atom. The van der Waals surface area contributed by atoms with E-state index in [1.807, 2.05) is 47.4 Å². The predicted octanol–water partition coefficient (Wildman–Crippen LogP) is 3.32. The number of nitrogens with zero attached hydrogens (tertiary/aromatic N) is 4. The highest BCUT2D eigenvalue weighted by atomic mass is 32.2. The van der Waals surface area contributed by atoms with Gasteiger partial charge in [0.15, 0.2) is 5.82 Å². The van der Waals surface area contributed by atoms with Gasteiger partial charge in [0.25, 0.3) is 0 Å². The van der Waals surface area contributed by atoms with Crippen LogP contribution in [0.5, 0.6) is 0 Å². The van der Waals surface area contributed by atoms with Crippen LogP contribution in [0.4, 0.5) is 0 Å². The van der Waals surface area contributed by atoms with E-state index in [1.165, 1.54) is 11.8 Å². The Kier molecular flexibility index (Phi) is 4.97. The molecular formula is C19H19N5OS. The molecule has 0 spiro atoms. The van der Waals surface area contributed by atoms with Crippen molar-refractivity contribution < 1.29 is 4.79 Å². The number of likely N-dealkylation sites (tertiary alicyclic amines) is 1. The van der Waals surface area contributed by atoms with E-state index in [0.717, 1.165) is 37.1 Å². The number of aromatic nitrogens is 4. The summed E-state index contributed by atoms with van der Waals surface area (Å²) in [5.74, 6) is 0.810. The van der Waals surface area contributed by atoms with Crippen LogP contribution in [0.2, 0.25) is 0 Å². The van der Waals surface area contributed by atoms with E-state index in [0.29, 0.717) is 11.0 Å². The van der Waals surface area contributed by atoms with Gasteiger partial charge in [-0.3, -0.25) is 14.9 Å². The van der Waals surface area contributed by atoms with E-state index in [4.69, 9.17) is 0 Å². The van der Waals surface area contributed by atoms with Crippen molar-refractivity contribution in [3.8, 4) is 11.4 Å². The molecule has 1 fully saturated rings. The van der Waals surface area contributed by atoms with Crippen molar-refractivity contribution in [3.05, 3.63) is 60.4 Å². The number of nitrogens with one attached hydrogen (secondary N) is 1. The predicted molar refractivity (Wildman–Crippen MR) is 100 cm³/mol. The molecule has 2 aromatic heterocycles. The van der Waals surface area contributed by atoms with Crippen molar-refractivity contribution in [2.45, 2.75) is 23.2 Å². The number of aromatic amines is 1. The van der Waals surface area contributed by atoms with Gasteiger partial charge in [0.05, 0.1) is 0 Å². The molecule has 1 N–H and O–H groups in total. The topological polar surface area (TPSA) is 74.8 Å². The highest BCUT2D eigenvalue weighted by Gasteiger charge is 2.29. The third kappa shape index (κ3) is 3.62. The van der Waals surface area contributed by atoms with E-state index in [9.17, 15) is 4.79 Å². The SMILES string of the molecule is O=C([C@@H](Sc1n[nH]c(-c2ccncc2)n1)c1ccccc1)N1CCCC1. The normalized spacial score (nSPS) is 15.2. The van der Waals surface area contributed by atoms with Crippen molar-refractivity contribution in [3.63, 3.8) is 0 Å². The van der Waals surface area contributed by atoms with E-state index in [2.05, 4.69) is 20.2 Å². The number of carbonyl (C=O) groups excluding carboxylic acids is 1. The molecule has 0 radical (unpaired) electrons. The Labute approximate surface area is 156 Å². The molecule has 3 heterocycles. The standard InChI is InChI=1S/C19H19N5OS/c25-18(24-12-4-5-13-24)16(14-6-2-1-3-7-14)26-19-21-17(22-23-19)15-8-10-20-11-9-15/h1-3,6-11,16H,4-5,12-13H2,(H,21,22,23)/t16-/m0/s1. The van der Waals surface area contributed by atoms with Crippen LogP contribution < -0.4 is 0 Å². The molecule has 1 saturated heterocycles. The lowest BCUT2D eigenvalue weighted by atomic mass is 10.1. The fourth-order valence-electron chi connectivity index (χ4n) is 3.04. The highest BCUT2D eigenvalue weighted by Crippen LogP contribution is 2.36. The van der Waals surface area contributed by atoms with Crippen molar-refractivity contribution in [2.75, 3.05) is 13.1 Å². The van der Waals surface area contributed by atoms with Gasteiger partial charge in [-0.15, -0.1) is 5.10 Å². The minimum atomic E-state index is -0.338. The lowest BCUT2D eigenvalue weighted by molar-refractivity contribution is -0.129. The average molecular weight is 365 g/mol. The van der Waals surface area contributed by atoms with Crippen LogP contribution in [-0.2, 0) is 4.79 Å². The van der Waals surface area contributed by atoms with E-state index in [-0.39, 0.29) is 11.2 Å². The maximum Gasteiger partial charge on any atom is 0.240 e. The molecule has 1 aliphatic rings. The summed E-state index contributed by atoms with van der Waals surface area (Å²) in [4.78, 5) is 23.6. The molecule has 1 atom stereocenters. The van der Waals surface area contributed by atoms with Crippen molar-refractivity contribution in [2.24, 2.45) is 0 Å². The Bertz CT molecular complexity index is 862. The number of pyridine rings is 1. The Balaban J connectivity index is 1.59. The number of rotatable bonds is 5. The second-order valence-electron chi connectivity index (χ2n) is 6.14. The molecule has 3 aromatic rings. The van der Waals surface area contributed by atoms with Gasteiger partial charge < -0.3 is 4.90 Å². The van der Waals surface area contributed by atoms with E-state index < -0.39 is 0 Å². The number of benzene rings is 1. The maximum atomic E-state index is 13.1. The quantitative estimate of drug-likeness (QED) is 0.702. The summed E-state index contributed by atoms with van der Waals surface area (Å²) in [5.41, 5.74) is 1.89. The first kappa shape index (κ1) is 16.8. The van der Waals surface area contributed by atoms with Gasteiger partial charge >= 0.3 is 0 Å². The number of hydrogen-bond acceptors (Lipinski definition) is 5. The van der Waals surface area contributed by atoms with Crippen LogP contribution in [0.25, 0.3) is 11.4 Å². The Hall–Kier alpha value is -2.67. The third-order valence-electron chi connectivity index (χ3n) is 4.39. The van der Waals surface area contributed by atoms with Crippen LogP contribution >= 0.6 is 11.8 Å². The number of hydrogen-bond donors (Lipinski definition) is 1. The fraction of sp³-hybridized carbons (Fsp3) is 0.263. The summed E-state index contributed by atoms with van der Waals surface area (Å²) in [6.45, 7) is 1.66. The van der Waals surface area contributed by atoms with Gasteiger partial charge in [-0.25, -0.2) is 4.98 Å². The molecule has 26 heavy (non-hydrogen) atoms. The zero-order valence-corrected chi connectivity index (χ0v) is 15.0. The van der Waals surface area contributed by atoms with Gasteiger partial charge in [-0.1, -0.05) is 42.1 Å². The second-order valence-corrected chi connectivity index (χ2v) is 7.22. The third-order valence-corrected chi connectivity index (χ3v) is 5.49. The first-order valence-corrected chi connectivity index (χ1v) is 9.52. The van der Waals surface area contributed by atoms with Crippen LogP contribution in [-0.4, -0.2) is 44.1 Å². The Morgan fingerprint density at radius 2 is 1.81 bits per heavy atom. The molecule has 132 valence electrons. The minimum Gasteiger partial charge on any atom is -0.341 e. The summed E-state index contributed by atoms with van der Waals surface area (Å²) in [6.07, 6.45) is 5.58. The largest absolute Gasteiger partial charge is 0.341 e. The second kappa shape index (κ2) is 7.70. The summed E-state index contributed by atoms with van der Waals surface area (Å²) in [6, 6.07) is 13.6. The molecule has 1 aromatic carbocycles. The minimum absolute atomic E-state index is 0.133. The lowest BCUT2D eigenvalue weighted by Gasteiger charge is -2.22. The van der Waals surface area contributed by atoms with Crippen LogP contribution in [0, 0.1) is 0 Å². The molecule has 0 bridgehead atoms. The van der Waals surface area contributed by atoms with Crippen molar-refractivity contribution >= 4 is 17.7 Å². The number of H-pyrrole nitrogens is 1. The molecule has 4 rings (SSSR count). The summed E-state index contributed by atoms with van der Waals surface area (Å²) >= 11 is 1.39. The molecule has 1 amide bonds. The number of carbonyl (C=O) groups is 1. The first-order valence-electron chi connectivity index (χ1n) is 8.64. The zero-order chi connectivity index (χ0) is 17.8. The molecule has 7 heteroatoms. The molecule has 0 saturated carbocycles. The maximum absolute atomic E-state index is 13.1. The number of thioether (sulfide) groups is 1. The molecule has 0 unspecified atom stereocenters. The van der Waals surface area contributed by atoms with Gasteiger partial charge in [0, 0.05) is 31.0 Å². The van der Waals surface area contributed by atoms with Crippen LogP contribution in [0.1, 0.15) is 23.7 Å². The molecule has 6 nitrogen and oxygen atoms in total. The Morgan fingerprint density at radius 3 is 2.54 bits per heavy atom. The van der Waals surface area contributed by atoms with Gasteiger partial charge in [0.1, 0.15) is 5.25 Å². The molecule has 1 aliphatic heterocycles. The lowest BCUT2D eigenvalue weighted by Crippen LogP contribution is -2.31. The average Bonchev–Trinajstić information content (AvgIpc) is 3.39. The smallest absolute Gasteiger partial charge is 0.240 e.